The molecule has 0 aliphatic carbocycles. The molecule has 1 N–H and O–H groups in total. The first kappa shape index (κ1) is 22.9. The van der Waals surface area contributed by atoms with Crippen LogP contribution in [-0.2, 0) is 14.4 Å². The van der Waals surface area contributed by atoms with Crippen LogP contribution in [0.5, 0.6) is 0 Å². The van der Waals surface area contributed by atoms with Crippen LogP contribution in [0, 0.1) is 22.0 Å². The molecule has 184 valence electrons. The molecule has 3 aromatic carbocycles. The van der Waals surface area contributed by atoms with Crippen molar-refractivity contribution in [3.63, 3.8) is 0 Å². The molecule has 0 unspecified atom stereocenters. The van der Waals surface area contributed by atoms with Crippen molar-refractivity contribution in [2.24, 2.45) is 11.8 Å². The predicted molar refractivity (Wildman–Crippen MR) is 136 cm³/mol. The van der Waals surface area contributed by atoms with Gasteiger partial charge in [-0.3, -0.25) is 24.5 Å². The summed E-state index contributed by atoms with van der Waals surface area (Å²) in [5, 5.41) is 14.0. The number of nitrogens with zero attached hydrogens (tertiary/aromatic N) is 3. The largest absolute Gasteiger partial charge is 0.357 e. The first-order chi connectivity index (χ1) is 17.9. The third kappa shape index (κ3) is 3.50. The summed E-state index contributed by atoms with van der Waals surface area (Å²) in [6.07, 6.45) is 3.59. The second-order valence-corrected chi connectivity index (χ2v) is 9.50. The fraction of sp³-hybridized carbons (Fsp3) is 0.148. The van der Waals surface area contributed by atoms with Crippen molar-refractivity contribution in [2.75, 3.05) is 10.2 Å². The van der Waals surface area contributed by atoms with Crippen molar-refractivity contribution in [1.82, 2.24) is 4.90 Å². The third-order valence-corrected chi connectivity index (χ3v) is 7.47. The van der Waals surface area contributed by atoms with Gasteiger partial charge in [-0.15, -0.1) is 0 Å². The molecular formula is C27H19ClN4O5. The van der Waals surface area contributed by atoms with Gasteiger partial charge in [0.05, 0.1) is 28.5 Å². The van der Waals surface area contributed by atoms with E-state index >= 15 is 0 Å². The molecule has 6 rings (SSSR count). The Bertz CT molecular complexity index is 1510. The maximum absolute atomic E-state index is 13.8. The zero-order valence-corrected chi connectivity index (χ0v) is 19.9. The summed E-state index contributed by atoms with van der Waals surface area (Å²) < 4.78 is 0. The molecule has 10 heteroatoms. The van der Waals surface area contributed by atoms with Crippen molar-refractivity contribution >= 4 is 52.5 Å². The summed E-state index contributed by atoms with van der Waals surface area (Å²) in [7, 11) is 0. The van der Waals surface area contributed by atoms with Crippen molar-refractivity contribution in [3.05, 3.63) is 105 Å². The second-order valence-electron chi connectivity index (χ2n) is 9.09. The smallest absolute Gasteiger partial charge is 0.289 e. The fourth-order valence-electron chi connectivity index (χ4n) is 5.64. The van der Waals surface area contributed by atoms with Gasteiger partial charge in [0, 0.05) is 18.0 Å². The summed E-state index contributed by atoms with van der Waals surface area (Å²) in [5.41, 5.74) is 2.03. The SMILES string of the molecule is O=C(Nc1ccc(Cl)c([N+](=O)[O-])c1)[C@@H]1[C@@H]2C(=O)N(c3ccccc3)C(=O)[C@H]2[C@H]2c3ccccc3C=CN12. The van der Waals surface area contributed by atoms with E-state index in [1.807, 2.05) is 30.3 Å². The van der Waals surface area contributed by atoms with E-state index < -0.39 is 40.7 Å². The highest BCUT2D eigenvalue weighted by atomic mass is 35.5. The normalized spacial score (nSPS) is 23.5. The molecule has 3 amide bonds. The Labute approximate surface area is 216 Å². The molecule has 3 aliphatic rings. The van der Waals surface area contributed by atoms with Gasteiger partial charge in [-0.05, 0) is 41.5 Å². The first-order valence-corrected chi connectivity index (χ1v) is 12.0. The minimum atomic E-state index is -1.01. The number of rotatable bonds is 4. The van der Waals surface area contributed by atoms with Crippen LogP contribution in [-0.4, -0.2) is 33.6 Å². The molecular weight excluding hydrogens is 496 g/mol. The number of para-hydroxylation sites is 1. The Kier molecular flexibility index (Phi) is 5.31. The summed E-state index contributed by atoms with van der Waals surface area (Å²) in [6, 6.07) is 18.6. The maximum atomic E-state index is 13.8. The van der Waals surface area contributed by atoms with Gasteiger partial charge in [-0.2, -0.15) is 0 Å². The van der Waals surface area contributed by atoms with Crippen molar-refractivity contribution in [1.29, 1.82) is 0 Å². The van der Waals surface area contributed by atoms with E-state index in [9.17, 15) is 24.5 Å². The van der Waals surface area contributed by atoms with E-state index in [2.05, 4.69) is 5.32 Å². The fourth-order valence-corrected chi connectivity index (χ4v) is 5.82. The maximum Gasteiger partial charge on any atom is 0.289 e. The van der Waals surface area contributed by atoms with Crippen LogP contribution in [0.15, 0.2) is 79.0 Å². The van der Waals surface area contributed by atoms with Crippen molar-refractivity contribution < 1.29 is 19.3 Å². The zero-order valence-electron chi connectivity index (χ0n) is 19.2. The monoisotopic (exact) mass is 514 g/mol. The lowest BCUT2D eigenvalue weighted by atomic mass is 9.84. The molecule has 3 aromatic rings. The van der Waals surface area contributed by atoms with E-state index in [1.165, 1.54) is 23.1 Å². The zero-order chi connectivity index (χ0) is 25.8. The number of fused-ring (bicyclic) bond motifs is 5. The molecule has 0 saturated carbocycles. The Balaban J connectivity index is 1.42. The average Bonchev–Trinajstić information content (AvgIpc) is 3.38. The van der Waals surface area contributed by atoms with Crippen LogP contribution in [0.3, 0.4) is 0 Å². The van der Waals surface area contributed by atoms with Gasteiger partial charge in [0.25, 0.3) is 5.69 Å². The average molecular weight is 515 g/mol. The van der Waals surface area contributed by atoms with Crippen molar-refractivity contribution in [2.45, 2.75) is 12.1 Å². The predicted octanol–water partition coefficient (Wildman–Crippen LogP) is 4.40. The molecule has 0 aromatic heterocycles. The van der Waals surface area contributed by atoms with Crippen LogP contribution >= 0.6 is 11.6 Å². The number of nitrogens with one attached hydrogen (secondary N) is 1. The van der Waals surface area contributed by atoms with Crippen LogP contribution in [0.1, 0.15) is 17.2 Å². The summed E-state index contributed by atoms with van der Waals surface area (Å²) >= 11 is 5.92. The quantitative estimate of drug-likeness (QED) is 0.313. The number of benzene rings is 3. The molecule has 3 heterocycles. The van der Waals surface area contributed by atoms with Gasteiger partial charge in [0.2, 0.25) is 17.7 Å². The van der Waals surface area contributed by atoms with Gasteiger partial charge in [0.1, 0.15) is 11.1 Å². The number of halogens is 1. The van der Waals surface area contributed by atoms with E-state index in [0.29, 0.717) is 5.69 Å². The first-order valence-electron chi connectivity index (χ1n) is 11.6. The number of carbonyl (C=O) groups excluding carboxylic acids is 3. The number of imide groups is 1. The Morgan fingerprint density at radius 1 is 0.946 bits per heavy atom. The van der Waals surface area contributed by atoms with Crippen LogP contribution in [0.4, 0.5) is 17.1 Å². The molecule has 3 aliphatic heterocycles. The second kappa shape index (κ2) is 8.56. The highest BCUT2D eigenvalue weighted by Gasteiger charge is 2.64. The molecule has 0 spiro atoms. The number of amides is 3. The van der Waals surface area contributed by atoms with Crippen LogP contribution in [0.25, 0.3) is 6.08 Å². The van der Waals surface area contributed by atoms with E-state index in [0.717, 1.165) is 11.1 Å². The lowest BCUT2D eigenvalue weighted by molar-refractivity contribution is -0.384. The van der Waals surface area contributed by atoms with Gasteiger partial charge in [-0.1, -0.05) is 54.1 Å². The highest BCUT2D eigenvalue weighted by molar-refractivity contribution is 6.32. The number of nitro benzene ring substituents is 1. The van der Waals surface area contributed by atoms with Gasteiger partial charge >= 0.3 is 0 Å². The number of hydrogen-bond donors (Lipinski definition) is 1. The topological polar surface area (TPSA) is 113 Å². The highest BCUT2D eigenvalue weighted by Crippen LogP contribution is 2.53. The number of carbonyl (C=O) groups is 3. The standard InChI is InChI=1S/C27H19ClN4O5/c28-19-11-10-16(14-20(19)32(36)37)29-25(33)24-22-21(23-18-9-5-4-6-15(18)12-13-30(23)24)26(34)31(27(22)35)17-7-2-1-3-8-17/h1-14,21-24H,(H,29,33)/t21-,22-,23-,24+/m1/s1. The van der Waals surface area contributed by atoms with Crippen molar-refractivity contribution in [3.8, 4) is 0 Å². The van der Waals surface area contributed by atoms with Gasteiger partial charge < -0.3 is 10.2 Å². The number of anilines is 2. The van der Waals surface area contributed by atoms with E-state index in [-0.39, 0.29) is 22.3 Å². The molecule has 9 nitrogen and oxygen atoms in total. The van der Waals surface area contributed by atoms with Gasteiger partial charge in [0.15, 0.2) is 0 Å². The lowest BCUT2D eigenvalue weighted by Gasteiger charge is -2.35. The van der Waals surface area contributed by atoms with E-state index in [4.69, 9.17) is 11.6 Å². The van der Waals surface area contributed by atoms with E-state index in [1.54, 1.807) is 41.4 Å². The summed E-state index contributed by atoms with van der Waals surface area (Å²) in [6.45, 7) is 0. The summed E-state index contributed by atoms with van der Waals surface area (Å²) in [4.78, 5) is 54.9. The van der Waals surface area contributed by atoms with Crippen LogP contribution in [0.2, 0.25) is 5.02 Å². The molecule has 2 fully saturated rings. The molecule has 4 atom stereocenters. The summed E-state index contributed by atoms with van der Waals surface area (Å²) in [5.74, 6) is -3.10. The lowest BCUT2D eigenvalue weighted by Crippen LogP contribution is -2.46. The Morgan fingerprint density at radius 3 is 2.41 bits per heavy atom. The minimum Gasteiger partial charge on any atom is -0.357 e. The third-order valence-electron chi connectivity index (χ3n) is 7.15. The molecule has 37 heavy (non-hydrogen) atoms. The minimum absolute atomic E-state index is 0.0605. The molecule has 2 saturated heterocycles. The molecule has 0 bridgehead atoms. The van der Waals surface area contributed by atoms with Gasteiger partial charge in [-0.25, -0.2) is 4.90 Å². The molecule has 0 radical (unpaired) electrons. The Hall–Kier alpha value is -4.50. The Morgan fingerprint density at radius 2 is 1.65 bits per heavy atom. The van der Waals surface area contributed by atoms with Crippen LogP contribution < -0.4 is 10.2 Å². The number of hydrogen-bond acceptors (Lipinski definition) is 6. The number of nitro groups is 1.